The molecule has 0 N–H and O–H groups in total. The highest BCUT2D eigenvalue weighted by Gasteiger charge is 2.12. The van der Waals surface area contributed by atoms with Crippen LogP contribution in [0, 0.1) is 0 Å². The largest absolute Gasteiger partial charge is 0.300 e. The molecule has 2 heterocycles. The smallest absolute Gasteiger partial charge is 0.259 e. The van der Waals surface area contributed by atoms with Gasteiger partial charge in [0.1, 0.15) is 11.5 Å². The van der Waals surface area contributed by atoms with Crippen molar-refractivity contribution in [3.8, 4) is 0 Å². The number of fused-ring (bicyclic) bond motifs is 1. The molecule has 0 aliphatic rings. The second kappa shape index (κ2) is 5.00. The molecule has 5 nitrogen and oxygen atoms in total. The van der Waals surface area contributed by atoms with Crippen molar-refractivity contribution < 1.29 is 4.79 Å². The van der Waals surface area contributed by atoms with Gasteiger partial charge in [0.05, 0.1) is 0 Å². The first-order valence-corrected chi connectivity index (χ1v) is 5.88. The number of nitrogens with zero attached hydrogens (tertiary/aromatic N) is 3. The average Bonchev–Trinajstić information content (AvgIpc) is 2.38. The number of hydrogen-bond acceptors (Lipinski definition) is 3. The van der Waals surface area contributed by atoms with Gasteiger partial charge in [-0.25, -0.2) is 4.98 Å². The first-order chi connectivity index (χ1) is 8.63. The fraction of sp³-hybridized carbons (Fsp3) is 0.308. The molecule has 2 aromatic rings. The highest BCUT2D eigenvalue weighted by Crippen LogP contribution is 2.09. The average molecular weight is 245 g/mol. The lowest BCUT2D eigenvalue weighted by atomic mass is 10.3. The molecule has 0 aliphatic carbocycles. The Bertz CT molecular complexity index is 633. The van der Waals surface area contributed by atoms with Gasteiger partial charge in [0.2, 0.25) is 5.91 Å². The van der Waals surface area contributed by atoms with E-state index in [2.05, 4.69) is 4.98 Å². The Morgan fingerprint density at radius 3 is 2.94 bits per heavy atom. The third-order valence-corrected chi connectivity index (χ3v) is 2.74. The van der Waals surface area contributed by atoms with Crippen LogP contribution < -0.4 is 10.5 Å². The monoisotopic (exact) mass is 245 g/mol. The van der Waals surface area contributed by atoms with Crippen LogP contribution in [-0.2, 0) is 4.79 Å². The van der Waals surface area contributed by atoms with Crippen LogP contribution in [0.1, 0.15) is 19.8 Å². The van der Waals surface area contributed by atoms with E-state index in [1.165, 1.54) is 15.4 Å². The van der Waals surface area contributed by atoms with Crippen LogP contribution >= 0.6 is 0 Å². The number of anilines is 1. The number of carbonyl (C=O) groups excluding carboxylic acids is 1. The van der Waals surface area contributed by atoms with Gasteiger partial charge >= 0.3 is 0 Å². The Morgan fingerprint density at radius 2 is 2.22 bits per heavy atom. The van der Waals surface area contributed by atoms with Gasteiger partial charge < -0.3 is 0 Å². The Labute approximate surface area is 105 Å². The summed E-state index contributed by atoms with van der Waals surface area (Å²) < 4.78 is 1.45. The Morgan fingerprint density at radius 1 is 1.44 bits per heavy atom. The molecule has 0 saturated heterocycles. The fourth-order valence-corrected chi connectivity index (χ4v) is 1.72. The molecule has 0 spiro atoms. The number of amides is 1. The molecule has 18 heavy (non-hydrogen) atoms. The fourth-order valence-electron chi connectivity index (χ4n) is 1.72. The number of hydrogen-bond donors (Lipinski definition) is 0. The number of rotatable bonds is 3. The Kier molecular flexibility index (Phi) is 3.41. The first kappa shape index (κ1) is 12.3. The van der Waals surface area contributed by atoms with Crippen LogP contribution in [-0.4, -0.2) is 22.3 Å². The lowest BCUT2D eigenvalue weighted by Gasteiger charge is -2.16. The second-order valence-corrected chi connectivity index (χ2v) is 4.08. The molecule has 1 amide bonds. The van der Waals surface area contributed by atoms with Gasteiger partial charge in [0.25, 0.3) is 5.56 Å². The molecule has 0 saturated carbocycles. The van der Waals surface area contributed by atoms with E-state index in [1.54, 1.807) is 31.4 Å². The zero-order valence-corrected chi connectivity index (χ0v) is 10.5. The van der Waals surface area contributed by atoms with Crippen LogP contribution in [0.2, 0.25) is 0 Å². The maximum Gasteiger partial charge on any atom is 0.259 e. The summed E-state index contributed by atoms with van der Waals surface area (Å²) in [5.74, 6) is 0.356. The van der Waals surface area contributed by atoms with E-state index in [0.29, 0.717) is 17.9 Å². The normalized spacial score (nSPS) is 10.6. The Hall–Kier alpha value is -2.17. The van der Waals surface area contributed by atoms with E-state index in [0.717, 1.165) is 6.42 Å². The molecule has 94 valence electrons. The molecule has 0 fully saturated rings. The second-order valence-electron chi connectivity index (χ2n) is 4.08. The van der Waals surface area contributed by atoms with E-state index in [-0.39, 0.29) is 11.5 Å². The van der Waals surface area contributed by atoms with Gasteiger partial charge in [-0.15, -0.1) is 0 Å². The minimum Gasteiger partial charge on any atom is -0.300 e. The van der Waals surface area contributed by atoms with E-state index in [4.69, 9.17) is 0 Å². The molecule has 5 heteroatoms. The van der Waals surface area contributed by atoms with Crippen molar-refractivity contribution >= 4 is 17.4 Å². The van der Waals surface area contributed by atoms with Gasteiger partial charge in [-0.1, -0.05) is 13.0 Å². The zero-order chi connectivity index (χ0) is 13.1. The number of aromatic nitrogens is 2. The summed E-state index contributed by atoms with van der Waals surface area (Å²) in [6, 6.07) is 6.69. The van der Waals surface area contributed by atoms with Crippen LogP contribution in [0.3, 0.4) is 0 Å². The van der Waals surface area contributed by atoms with Crippen molar-refractivity contribution in [2.45, 2.75) is 19.8 Å². The van der Waals surface area contributed by atoms with Gasteiger partial charge in [0.15, 0.2) is 0 Å². The minimum absolute atomic E-state index is 0.0373. The predicted molar refractivity (Wildman–Crippen MR) is 69.8 cm³/mol. The van der Waals surface area contributed by atoms with Crippen molar-refractivity contribution in [1.29, 1.82) is 0 Å². The maximum atomic E-state index is 11.9. The maximum absolute atomic E-state index is 11.9. The summed E-state index contributed by atoms with van der Waals surface area (Å²) in [5.41, 5.74) is 0.350. The van der Waals surface area contributed by atoms with Crippen LogP contribution in [0.15, 0.2) is 35.3 Å². The number of pyridine rings is 1. The molecule has 0 aromatic carbocycles. The van der Waals surface area contributed by atoms with Crippen LogP contribution in [0.5, 0.6) is 0 Å². The van der Waals surface area contributed by atoms with Crippen LogP contribution in [0.4, 0.5) is 5.82 Å². The topological polar surface area (TPSA) is 54.7 Å². The molecule has 0 radical (unpaired) electrons. The molecule has 0 unspecified atom stereocenters. The van der Waals surface area contributed by atoms with Gasteiger partial charge in [-0.05, 0) is 18.6 Å². The third-order valence-electron chi connectivity index (χ3n) is 2.74. The summed E-state index contributed by atoms with van der Waals surface area (Å²) in [7, 11) is 1.64. The predicted octanol–water partition coefficient (Wildman–Crippen LogP) is 1.46. The summed E-state index contributed by atoms with van der Waals surface area (Å²) >= 11 is 0. The van der Waals surface area contributed by atoms with Gasteiger partial charge in [0, 0.05) is 25.7 Å². The molecular weight excluding hydrogens is 230 g/mol. The van der Waals surface area contributed by atoms with Crippen molar-refractivity contribution in [3.63, 3.8) is 0 Å². The molecule has 0 atom stereocenters. The molecule has 0 bridgehead atoms. The van der Waals surface area contributed by atoms with E-state index in [1.807, 2.05) is 6.92 Å². The van der Waals surface area contributed by atoms with Gasteiger partial charge in [-0.3, -0.25) is 18.9 Å². The molecule has 0 aliphatic heterocycles. The van der Waals surface area contributed by atoms with Crippen LogP contribution in [0.25, 0.3) is 5.65 Å². The quantitative estimate of drug-likeness (QED) is 0.822. The SMILES string of the molecule is CCCC(=O)N(C)c1cc(=O)n2ccccc2n1. The Balaban J connectivity index is 2.46. The van der Waals surface area contributed by atoms with Crippen molar-refractivity contribution in [2.24, 2.45) is 0 Å². The summed E-state index contributed by atoms with van der Waals surface area (Å²) in [6.45, 7) is 1.94. The summed E-state index contributed by atoms with van der Waals surface area (Å²) in [6.07, 6.45) is 2.88. The highest BCUT2D eigenvalue weighted by atomic mass is 16.2. The lowest BCUT2D eigenvalue weighted by Crippen LogP contribution is -2.28. The van der Waals surface area contributed by atoms with Crippen molar-refractivity contribution in [3.05, 3.63) is 40.8 Å². The standard InChI is InChI=1S/C13H15N3O2/c1-3-6-12(17)15(2)11-9-13(18)16-8-5-4-7-10(16)14-11/h4-5,7-9H,3,6H2,1-2H3. The van der Waals surface area contributed by atoms with E-state index < -0.39 is 0 Å². The highest BCUT2D eigenvalue weighted by molar-refractivity contribution is 5.91. The van der Waals surface area contributed by atoms with E-state index in [9.17, 15) is 9.59 Å². The molecule has 2 rings (SSSR count). The number of carbonyl (C=O) groups is 1. The van der Waals surface area contributed by atoms with E-state index >= 15 is 0 Å². The molecule has 2 aromatic heterocycles. The van der Waals surface area contributed by atoms with Gasteiger partial charge in [-0.2, -0.15) is 0 Å². The molecular formula is C13H15N3O2. The first-order valence-electron chi connectivity index (χ1n) is 5.88. The summed E-state index contributed by atoms with van der Waals surface area (Å²) in [4.78, 5) is 29.4. The minimum atomic E-state index is -0.188. The third kappa shape index (κ3) is 2.25. The van der Waals surface area contributed by atoms with Crippen molar-refractivity contribution in [2.75, 3.05) is 11.9 Å². The lowest BCUT2D eigenvalue weighted by molar-refractivity contribution is -0.118. The summed E-state index contributed by atoms with van der Waals surface area (Å²) in [5, 5.41) is 0. The zero-order valence-electron chi connectivity index (χ0n) is 10.5. The van der Waals surface area contributed by atoms with Crippen molar-refractivity contribution in [1.82, 2.24) is 9.38 Å².